The number of fused-ring (bicyclic) bond motifs is 1. The summed E-state index contributed by atoms with van der Waals surface area (Å²) in [7, 11) is 0. The Morgan fingerprint density at radius 1 is 1.15 bits per heavy atom. The number of benzene rings is 1. The monoisotopic (exact) mass is 368 g/mol. The van der Waals surface area contributed by atoms with Gasteiger partial charge in [0.25, 0.3) is 5.91 Å². The van der Waals surface area contributed by atoms with Crippen LogP contribution in [-0.2, 0) is 6.54 Å². The van der Waals surface area contributed by atoms with Gasteiger partial charge in [-0.15, -0.1) is 11.3 Å². The van der Waals surface area contributed by atoms with Crippen molar-refractivity contribution >= 4 is 28.1 Å². The van der Waals surface area contributed by atoms with Crippen LogP contribution in [0.5, 0.6) is 5.75 Å². The molecular weight excluding hydrogens is 348 g/mol. The van der Waals surface area contributed by atoms with Gasteiger partial charge in [0.1, 0.15) is 22.0 Å². The largest absolute Gasteiger partial charge is 0.506 e. The Labute approximate surface area is 155 Å². The summed E-state index contributed by atoms with van der Waals surface area (Å²) in [5.41, 5.74) is 0.853. The van der Waals surface area contributed by atoms with Gasteiger partial charge in [-0.05, 0) is 18.6 Å². The molecule has 1 aliphatic heterocycles. The summed E-state index contributed by atoms with van der Waals surface area (Å²) < 4.78 is 0. The third-order valence-corrected chi connectivity index (χ3v) is 5.40. The molecule has 0 unspecified atom stereocenters. The highest BCUT2D eigenvalue weighted by atomic mass is 32.1. The number of carbonyl (C=O) groups is 1. The van der Waals surface area contributed by atoms with Crippen molar-refractivity contribution in [3.05, 3.63) is 52.6 Å². The SMILES string of the molecule is O=C(c1ccc2cccc(O)c2n1)N1CCCN(Cc2nccs2)CC1. The van der Waals surface area contributed by atoms with Gasteiger partial charge in [0.15, 0.2) is 0 Å². The van der Waals surface area contributed by atoms with E-state index in [9.17, 15) is 9.90 Å². The fourth-order valence-electron chi connectivity index (χ4n) is 3.27. The Kier molecular flexibility index (Phi) is 4.81. The van der Waals surface area contributed by atoms with Crippen LogP contribution < -0.4 is 0 Å². The normalized spacial score (nSPS) is 15.9. The minimum absolute atomic E-state index is 0.0775. The van der Waals surface area contributed by atoms with E-state index in [1.165, 1.54) is 0 Å². The van der Waals surface area contributed by atoms with E-state index < -0.39 is 0 Å². The number of aromatic hydroxyl groups is 1. The van der Waals surface area contributed by atoms with Crippen molar-refractivity contribution in [2.45, 2.75) is 13.0 Å². The third-order valence-electron chi connectivity index (χ3n) is 4.64. The smallest absolute Gasteiger partial charge is 0.272 e. The molecule has 26 heavy (non-hydrogen) atoms. The summed E-state index contributed by atoms with van der Waals surface area (Å²) in [5, 5.41) is 13.9. The Morgan fingerprint density at radius 3 is 2.92 bits per heavy atom. The first-order chi connectivity index (χ1) is 12.7. The zero-order valence-electron chi connectivity index (χ0n) is 14.3. The van der Waals surface area contributed by atoms with E-state index in [4.69, 9.17) is 0 Å². The average Bonchev–Trinajstić information content (AvgIpc) is 3.05. The Bertz CT molecular complexity index is 913. The molecule has 0 saturated carbocycles. The van der Waals surface area contributed by atoms with Crippen molar-refractivity contribution in [3.63, 3.8) is 0 Å². The van der Waals surface area contributed by atoms with Crippen LogP contribution in [0, 0.1) is 0 Å². The number of pyridine rings is 1. The molecule has 1 N–H and O–H groups in total. The van der Waals surface area contributed by atoms with Crippen LogP contribution >= 0.6 is 11.3 Å². The van der Waals surface area contributed by atoms with Gasteiger partial charge in [0.05, 0.1) is 6.54 Å². The molecule has 0 bridgehead atoms. The first-order valence-electron chi connectivity index (χ1n) is 8.69. The molecule has 1 fully saturated rings. The predicted octanol–water partition coefficient (Wildman–Crippen LogP) is 2.75. The molecule has 1 amide bonds. The molecule has 6 nitrogen and oxygen atoms in total. The van der Waals surface area contributed by atoms with Crippen LogP contribution in [0.2, 0.25) is 0 Å². The van der Waals surface area contributed by atoms with E-state index in [0.29, 0.717) is 24.3 Å². The molecule has 7 heteroatoms. The van der Waals surface area contributed by atoms with E-state index in [0.717, 1.165) is 36.4 Å². The summed E-state index contributed by atoms with van der Waals surface area (Å²) in [6, 6.07) is 8.81. The number of hydrogen-bond acceptors (Lipinski definition) is 6. The van der Waals surface area contributed by atoms with Gasteiger partial charge >= 0.3 is 0 Å². The van der Waals surface area contributed by atoms with E-state index in [1.54, 1.807) is 29.5 Å². The molecule has 3 heterocycles. The van der Waals surface area contributed by atoms with Crippen LogP contribution in [0.3, 0.4) is 0 Å². The van der Waals surface area contributed by atoms with Gasteiger partial charge in [0, 0.05) is 43.1 Å². The van der Waals surface area contributed by atoms with Crippen LogP contribution in [0.15, 0.2) is 41.9 Å². The highest BCUT2D eigenvalue weighted by Crippen LogP contribution is 2.23. The third kappa shape index (κ3) is 3.54. The number of para-hydroxylation sites is 1. The molecule has 1 saturated heterocycles. The van der Waals surface area contributed by atoms with Gasteiger partial charge in [-0.3, -0.25) is 9.69 Å². The second kappa shape index (κ2) is 7.39. The standard InChI is InChI=1S/C19H20N4O2S/c24-16-4-1-3-14-5-6-15(21-18(14)16)19(25)23-9-2-8-22(10-11-23)13-17-20-7-12-26-17/h1,3-7,12,24H,2,8-11,13H2. The number of nitrogens with zero attached hydrogens (tertiary/aromatic N) is 4. The zero-order valence-corrected chi connectivity index (χ0v) is 15.2. The lowest BCUT2D eigenvalue weighted by Crippen LogP contribution is -2.35. The second-order valence-corrected chi connectivity index (χ2v) is 7.37. The molecular formula is C19H20N4O2S. The maximum Gasteiger partial charge on any atom is 0.272 e. The van der Waals surface area contributed by atoms with Crippen molar-refractivity contribution in [3.8, 4) is 5.75 Å². The minimum atomic E-state index is -0.0775. The van der Waals surface area contributed by atoms with Crippen molar-refractivity contribution in [1.29, 1.82) is 0 Å². The number of carbonyl (C=O) groups excluding carboxylic acids is 1. The molecule has 1 aliphatic rings. The molecule has 4 rings (SSSR count). The minimum Gasteiger partial charge on any atom is -0.506 e. The number of amides is 1. The summed E-state index contributed by atoms with van der Waals surface area (Å²) in [5.74, 6) is 0.0221. The lowest BCUT2D eigenvalue weighted by Gasteiger charge is -2.21. The van der Waals surface area contributed by atoms with E-state index in [-0.39, 0.29) is 11.7 Å². The summed E-state index contributed by atoms with van der Waals surface area (Å²) >= 11 is 1.66. The molecule has 134 valence electrons. The molecule has 3 aromatic rings. The molecule has 2 aromatic heterocycles. The summed E-state index contributed by atoms with van der Waals surface area (Å²) in [4.78, 5) is 25.8. The second-order valence-electron chi connectivity index (χ2n) is 6.39. The quantitative estimate of drug-likeness (QED) is 0.770. The van der Waals surface area contributed by atoms with Crippen molar-refractivity contribution in [1.82, 2.24) is 19.8 Å². The first kappa shape index (κ1) is 16.9. The first-order valence-corrected chi connectivity index (χ1v) is 9.57. The number of thiazole rings is 1. The maximum absolute atomic E-state index is 12.9. The number of phenols is 1. The van der Waals surface area contributed by atoms with Gasteiger partial charge in [-0.1, -0.05) is 18.2 Å². The van der Waals surface area contributed by atoms with Crippen molar-refractivity contribution in [2.24, 2.45) is 0 Å². The number of rotatable bonds is 3. The molecule has 0 spiro atoms. The summed E-state index contributed by atoms with van der Waals surface area (Å²) in [6.07, 6.45) is 2.75. The van der Waals surface area contributed by atoms with Crippen molar-refractivity contribution in [2.75, 3.05) is 26.2 Å². The lowest BCUT2D eigenvalue weighted by molar-refractivity contribution is 0.0755. The fourth-order valence-corrected chi connectivity index (χ4v) is 3.92. The van der Waals surface area contributed by atoms with Crippen LogP contribution in [0.4, 0.5) is 0 Å². The zero-order chi connectivity index (χ0) is 17.9. The Hall–Kier alpha value is -2.51. The highest BCUT2D eigenvalue weighted by molar-refractivity contribution is 7.09. The lowest BCUT2D eigenvalue weighted by atomic mass is 10.2. The number of hydrogen-bond donors (Lipinski definition) is 1. The Balaban J connectivity index is 1.47. The topological polar surface area (TPSA) is 69.6 Å². The average molecular weight is 368 g/mol. The van der Waals surface area contributed by atoms with Crippen LogP contribution in [-0.4, -0.2) is 57.0 Å². The molecule has 0 atom stereocenters. The molecule has 0 aliphatic carbocycles. The number of phenolic OH excluding ortho intramolecular Hbond substituents is 1. The molecule has 0 radical (unpaired) electrons. The highest BCUT2D eigenvalue weighted by Gasteiger charge is 2.22. The fraction of sp³-hybridized carbons (Fsp3) is 0.316. The van der Waals surface area contributed by atoms with Gasteiger partial charge in [0.2, 0.25) is 0 Å². The number of aromatic nitrogens is 2. The van der Waals surface area contributed by atoms with E-state index in [1.807, 2.05) is 28.6 Å². The van der Waals surface area contributed by atoms with Crippen LogP contribution in [0.1, 0.15) is 21.9 Å². The van der Waals surface area contributed by atoms with E-state index in [2.05, 4.69) is 14.9 Å². The van der Waals surface area contributed by atoms with Gasteiger partial charge in [-0.2, -0.15) is 0 Å². The van der Waals surface area contributed by atoms with Crippen molar-refractivity contribution < 1.29 is 9.90 Å². The van der Waals surface area contributed by atoms with Crippen LogP contribution in [0.25, 0.3) is 10.9 Å². The van der Waals surface area contributed by atoms with Gasteiger partial charge < -0.3 is 10.0 Å². The maximum atomic E-state index is 12.9. The molecule has 1 aromatic carbocycles. The van der Waals surface area contributed by atoms with E-state index >= 15 is 0 Å². The predicted molar refractivity (Wildman–Crippen MR) is 101 cm³/mol. The Morgan fingerprint density at radius 2 is 2.08 bits per heavy atom. The summed E-state index contributed by atoms with van der Waals surface area (Å²) in [6.45, 7) is 4.00. The van der Waals surface area contributed by atoms with Gasteiger partial charge in [-0.25, -0.2) is 9.97 Å².